The van der Waals surface area contributed by atoms with Gasteiger partial charge in [-0.3, -0.25) is 14.5 Å². The average molecular weight is 608 g/mol. The van der Waals surface area contributed by atoms with E-state index in [4.69, 9.17) is 9.73 Å². The van der Waals surface area contributed by atoms with E-state index in [1.54, 1.807) is 30.3 Å². The van der Waals surface area contributed by atoms with Crippen LogP contribution >= 0.6 is 0 Å². The van der Waals surface area contributed by atoms with E-state index in [2.05, 4.69) is 15.2 Å². The number of benzene rings is 3. The van der Waals surface area contributed by atoms with E-state index < -0.39 is 11.5 Å². The molecule has 1 aromatic heterocycles. The highest BCUT2D eigenvalue weighted by atomic mass is 16.5. The molecular formula is C35H37N5O5. The van der Waals surface area contributed by atoms with Gasteiger partial charge < -0.3 is 25.0 Å². The van der Waals surface area contributed by atoms with E-state index in [1.807, 2.05) is 55.3 Å². The molecule has 3 N–H and O–H groups in total. The van der Waals surface area contributed by atoms with Crippen molar-refractivity contribution in [2.24, 2.45) is 4.99 Å². The lowest BCUT2D eigenvalue weighted by atomic mass is 9.85. The number of ether oxygens (including phenoxy) is 1. The number of carbonyl (C=O) groups is 3. The fraction of sp³-hybridized carbons (Fsp3) is 0.314. The number of hydrogen-bond acceptors (Lipinski definition) is 7. The second kappa shape index (κ2) is 12.2. The van der Waals surface area contributed by atoms with E-state index in [0.29, 0.717) is 77.0 Å². The minimum atomic E-state index is -0.562. The predicted octanol–water partition coefficient (Wildman–Crippen LogP) is 4.56. The average Bonchev–Trinajstić information content (AvgIpc) is 3.31. The van der Waals surface area contributed by atoms with Crippen LogP contribution < -0.4 is 5.32 Å². The molecule has 0 unspecified atom stereocenters. The number of nitrogens with one attached hydrogen (secondary N) is 2. The molecule has 2 aliphatic rings. The molecule has 0 radical (unpaired) electrons. The fourth-order valence-electron chi connectivity index (χ4n) is 6.51. The largest absolute Gasteiger partial charge is 0.494 e. The number of rotatable bonds is 5. The molecule has 3 heterocycles. The first-order valence-corrected chi connectivity index (χ1v) is 15.2. The maximum Gasteiger partial charge on any atom is 0.338 e. The molecule has 2 aliphatic heterocycles. The second-order valence-electron chi connectivity index (χ2n) is 11.8. The monoisotopic (exact) mass is 607 g/mol. The van der Waals surface area contributed by atoms with Crippen LogP contribution in [0.1, 0.15) is 56.7 Å². The number of aliphatic imine (C=N–C) groups is 1. The Morgan fingerprint density at radius 2 is 1.69 bits per heavy atom. The van der Waals surface area contributed by atoms with Crippen molar-refractivity contribution in [2.45, 2.75) is 31.7 Å². The van der Waals surface area contributed by atoms with Gasteiger partial charge in [0.2, 0.25) is 5.91 Å². The number of hydrogen-bond donors (Lipinski definition) is 3. The van der Waals surface area contributed by atoms with Crippen LogP contribution in [-0.2, 0) is 9.53 Å². The number of likely N-dealkylation sites (tertiary alicyclic amines) is 1. The molecule has 0 saturated carbocycles. The van der Waals surface area contributed by atoms with E-state index in [9.17, 15) is 19.5 Å². The lowest BCUT2D eigenvalue weighted by Gasteiger charge is -2.44. The number of amides is 2. The molecule has 2 amide bonds. The van der Waals surface area contributed by atoms with Crippen molar-refractivity contribution in [1.82, 2.24) is 20.1 Å². The quantitative estimate of drug-likeness (QED) is 0.226. The van der Waals surface area contributed by atoms with Crippen LogP contribution in [0.2, 0.25) is 0 Å². The van der Waals surface area contributed by atoms with Crippen LogP contribution in [0.5, 0.6) is 5.88 Å². The van der Waals surface area contributed by atoms with E-state index in [-0.39, 0.29) is 17.7 Å². The maximum atomic E-state index is 13.5. The number of fused-ring (bicyclic) bond motifs is 1. The number of esters is 1. The Morgan fingerprint density at radius 1 is 0.978 bits per heavy atom. The molecule has 10 heteroatoms. The Balaban J connectivity index is 1.29. The second-order valence-corrected chi connectivity index (χ2v) is 11.8. The summed E-state index contributed by atoms with van der Waals surface area (Å²) in [4.78, 5) is 50.6. The van der Waals surface area contributed by atoms with Gasteiger partial charge in [0.15, 0.2) is 5.88 Å². The minimum absolute atomic E-state index is 0.0614. The van der Waals surface area contributed by atoms with Crippen molar-refractivity contribution < 1.29 is 24.2 Å². The zero-order valence-corrected chi connectivity index (χ0v) is 25.7. The van der Waals surface area contributed by atoms with Gasteiger partial charge in [-0.05, 0) is 75.2 Å². The number of nitrogens with zero attached hydrogens (tertiary/aromatic N) is 3. The Labute approximate surface area is 261 Å². The molecule has 3 aromatic carbocycles. The van der Waals surface area contributed by atoms with Gasteiger partial charge in [-0.2, -0.15) is 0 Å². The van der Waals surface area contributed by atoms with Crippen LogP contribution in [0, 0.1) is 6.92 Å². The first kappa shape index (κ1) is 30.1. The van der Waals surface area contributed by atoms with Gasteiger partial charge in [0, 0.05) is 48.2 Å². The Kier molecular flexibility index (Phi) is 8.16. The minimum Gasteiger partial charge on any atom is -0.494 e. The lowest BCUT2D eigenvalue weighted by molar-refractivity contribution is -0.134. The fourth-order valence-corrected chi connectivity index (χ4v) is 6.51. The molecule has 0 atom stereocenters. The number of aryl methyl sites for hydroxylation is 1. The summed E-state index contributed by atoms with van der Waals surface area (Å²) in [5.74, 6) is -0.544. The highest BCUT2D eigenvalue weighted by molar-refractivity contribution is 6.22. The van der Waals surface area contributed by atoms with Crippen LogP contribution in [0.25, 0.3) is 10.9 Å². The van der Waals surface area contributed by atoms with Gasteiger partial charge in [-0.25, -0.2) is 9.79 Å². The van der Waals surface area contributed by atoms with Gasteiger partial charge in [-0.1, -0.05) is 30.3 Å². The molecule has 4 aromatic rings. The molecule has 1 spiro atoms. The number of methoxy groups -OCH3 is 1. The van der Waals surface area contributed by atoms with E-state index >= 15 is 0 Å². The van der Waals surface area contributed by atoms with Gasteiger partial charge >= 0.3 is 5.97 Å². The Bertz CT molecular complexity index is 1790. The highest BCUT2D eigenvalue weighted by Crippen LogP contribution is 2.34. The topological polar surface area (TPSA) is 127 Å². The molecule has 6 rings (SSSR count). The Morgan fingerprint density at radius 3 is 2.38 bits per heavy atom. The van der Waals surface area contributed by atoms with Crippen molar-refractivity contribution in [3.63, 3.8) is 0 Å². The smallest absolute Gasteiger partial charge is 0.338 e. The highest BCUT2D eigenvalue weighted by Gasteiger charge is 2.46. The lowest BCUT2D eigenvalue weighted by Crippen LogP contribution is -2.61. The summed E-state index contributed by atoms with van der Waals surface area (Å²) >= 11 is 0. The van der Waals surface area contributed by atoms with Crippen LogP contribution in [0.3, 0.4) is 0 Å². The van der Waals surface area contributed by atoms with Crippen molar-refractivity contribution in [2.75, 3.05) is 40.3 Å². The van der Waals surface area contributed by atoms with Crippen molar-refractivity contribution in [3.05, 3.63) is 94.5 Å². The number of aromatic nitrogens is 1. The zero-order chi connectivity index (χ0) is 31.7. The predicted molar refractivity (Wildman–Crippen MR) is 172 cm³/mol. The number of likely N-dealkylation sites (N-methyl/N-ethyl adjacent to an activating group) is 1. The number of aromatic amines is 1. The molecule has 10 nitrogen and oxygen atoms in total. The van der Waals surface area contributed by atoms with E-state index in [1.165, 1.54) is 7.11 Å². The standard InChI is InChI=1S/C35H37N5O5/c1-22-20-27-28(21-26(22)33(43)45-3)38-31(41)29(27)30(23-8-5-4-6-9-23)37-25-12-10-24(11-13-25)32(42)40-18-14-35(15-19-40)34(44)36-16-7-17-39(35)2/h4-6,8-13,20-21,38,41H,7,14-19H2,1-3H3,(H,36,44). The van der Waals surface area contributed by atoms with Crippen molar-refractivity contribution in [3.8, 4) is 5.88 Å². The molecule has 2 fully saturated rings. The number of piperidine rings is 1. The molecule has 0 aliphatic carbocycles. The van der Waals surface area contributed by atoms with Gasteiger partial charge in [0.1, 0.15) is 5.54 Å². The first-order chi connectivity index (χ1) is 21.7. The zero-order valence-electron chi connectivity index (χ0n) is 25.7. The van der Waals surface area contributed by atoms with Crippen molar-refractivity contribution in [1.29, 1.82) is 0 Å². The Hall–Kier alpha value is -4.96. The summed E-state index contributed by atoms with van der Waals surface area (Å²) in [5, 5.41) is 14.9. The molecule has 2 saturated heterocycles. The number of carbonyl (C=O) groups excluding carboxylic acids is 3. The number of H-pyrrole nitrogens is 1. The van der Waals surface area contributed by atoms with Crippen LogP contribution in [0.4, 0.5) is 5.69 Å². The summed E-state index contributed by atoms with van der Waals surface area (Å²) in [5.41, 5.74) is 4.12. The third kappa shape index (κ3) is 5.57. The summed E-state index contributed by atoms with van der Waals surface area (Å²) in [7, 11) is 3.34. The van der Waals surface area contributed by atoms with E-state index in [0.717, 1.165) is 18.5 Å². The van der Waals surface area contributed by atoms with Crippen molar-refractivity contribution >= 4 is 40.1 Å². The summed E-state index contributed by atoms with van der Waals surface area (Å²) < 4.78 is 4.92. The normalized spacial score (nSPS) is 17.3. The van der Waals surface area contributed by atoms with Crippen LogP contribution in [-0.4, -0.2) is 89.3 Å². The van der Waals surface area contributed by atoms with Crippen LogP contribution in [0.15, 0.2) is 71.7 Å². The first-order valence-electron chi connectivity index (χ1n) is 15.2. The maximum absolute atomic E-state index is 13.5. The third-order valence-corrected chi connectivity index (χ3v) is 9.16. The third-order valence-electron chi connectivity index (χ3n) is 9.16. The molecule has 45 heavy (non-hydrogen) atoms. The number of aromatic hydroxyl groups is 1. The SMILES string of the molecule is COC(=O)c1cc2[nH]c(O)c(C(=Nc3ccc(C(=O)N4CCC5(CC4)C(=O)NCCCN5C)cc3)c3ccccc3)c2cc1C. The molecule has 232 valence electrons. The molecule has 0 bridgehead atoms. The van der Waals surface area contributed by atoms with Gasteiger partial charge in [-0.15, -0.1) is 0 Å². The summed E-state index contributed by atoms with van der Waals surface area (Å²) in [6, 6.07) is 20.2. The summed E-state index contributed by atoms with van der Waals surface area (Å²) in [6.45, 7) is 4.37. The van der Waals surface area contributed by atoms with Gasteiger partial charge in [0.25, 0.3) is 5.91 Å². The van der Waals surface area contributed by atoms with Gasteiger partial charge in [0.05, 0.1) is 29.6 Å². The molecular weight excluding hydrogens is 570 g/mol. The summed E-state index contributed by atoms with van der Waals surface area (Å²) in [6.07, 6.45) is 2.11.